The first-order valence-electron chi connectivity index (χ1n) is 5.17. The lowest BCUT2D eigenvalue weighted by Crippen LogP contribution is -2.15. The average Bonchev–Trinajstić information content (AvgIpc) is 2.48. The van der Waals surface area contributed by atoms with Crippen LogP contribution in [0.4, 0.5) is 0 Å². The molecule has 0 amide bonds. The summed E-state index contributed by atoms with van der Waals surface area (Å²) in [7, 11) is 1.95. The number of nitrogens with zero attached hydrogens (tertiary/aromatic N) is 2. The van der Waals surface area contributed by atoms with Gasteiger partial charge in [0.1, 0.15) is 5.82 Å². The first-order valence-corrected chi connectivity index (χ1v) is 5.17. The molecule has 0 saturated carbocycles. The number of hydrogen-bond acceptors (Lipinski definition) is 2. The third kappa shape index (κ3) is 3.50. The summed E-state index contributed by atoms with van der Waals surface area (Å²) in [6.07, 6.45) is 5.10. The van der Waals surface area contributed by atoms with Gasteiger partial charge in [-0.3, -0.25) is 0 Å². The van der Waals surface area contributed by atoms with Gasteiger partial charge >= 0.3 is 0 Å². The van der Waals surface area contributed by atoms with Crippen LogP contribution in [0.3, 0.4) is 0 Å². The van der Waals surface area contributed by atoms with Gasteiger partial charge in [0.15, 0.2) is 0 Å². The summed E-state index contributed by atoms with van der Waals surface area (Å²) in [5.41, 5.74) is 0.390. The van der Waals surface area contributed by atoms with Gasteiger partial charge in [-0.25, -0.2) is 4.98 Å². The third-order valence-electron chi connectivity index (χ3n) is 2.24. The van der Waals surface area contributed by atoms with Crippen LogP contribution in [0.15, 0.2) is 12.4 Å². The van der Waals surface area contributed by atoms with Crippen molar-refractivity contribution in [2.45, 2.75) is 40.3 Å². The number of nitrogens with one attached hydrogen (secondary N) is 1. The molecule has 0 fully saturated rings. The fraction of sp³-hybridized carbons (Fsp3) is 0.727. The quantitative estimate of drug-likeness (QED) is 0.796. The third-order valence-corrected chi connectivity index (χ3v) is 2.24. The Labute approximate surface area is 86.5 Å². The number of imidazole rings is 1. The van der Waals surface area contributed by atoms with Gasteiger partial charge in [-0.05, 0) is 18.9 Å². The smallest absolute Gasteiger partial charge is 0.122 e. The molecule has 1 N–H and O–H groups in total. The van der Waals surface area contributed by atoms with Gasteiger partial charge in [-0.1, -0.05) is 20.8 Å². The van der Waals surface area contributed by atoms with Crippen molar-refractivity contribution >= 4 is 0 Å². The molecule has 0 radical (unpaired) electrons. The van der Waals surface area contributed by atoms with Crippen LogP contribution in [0.2, 0.25) is 0 Å². The summed E-state index contributed by atoms with van der Waals surface area (Å²) in [5, 5.41) is 3.12. The van der Waals surface area contributed by atoms with Crippen molar-refractivity contribution in [2.75, 3.05) is 7.05 Å². The summed E-state index contributed by atoms with van der Waals surface area (Å²) in [6, 6.07) is 0. The van der Waals surface area contributed by atoms with Crippen molar-refractivity contribution in [1.29, 1.82) is 0 Å². The first kappa shape index (κ1) is 11.2. The molecule has 1 heterocycles. The van der Waals surface area contributed by atoms with Crippen LogP contribution in [0.5, 0.6) is 0 Å². The summed E-state index contributed by atoms with van der Waals surface area (Å²) in [4.78, 5) is 4.31. The van der Waals surface area contributed by atoms with Crippen LogP contribution in [-0.2, 0) is 13.1 Å². The normalized spacial score (nSPS) is 12.0. The number of aromatic nitrogens is 2. The molecule has 0 spiro atoms. The lowest BCUT2D eigenvalue weighted by molar-refractivity contribution is 0.347. The van der Waals surface area contributed by atoms with E-state index in [2.05, 4.69) is 41.8 Å². The standard InChI is InChI=1S/C11H21N3/c1-11(2,3)5-7-14-8-6-13-10(14)9-12-4/h6,8,12H,5,7,9H2,1-4H3. The Morgan fingerprint density at radius 3 is 2.71 bits per heavy atom. The minimum absolute atomic E-state index is 0.390. The van der Waals surface area contributed by atoms with Gasteiger partial charge in [-0.2, -0.15) is 0 Å². The highest BCUT2D eigenvalue weighted by Crippen LogP contribution is 2.19. The molecule has 1 rings (SSSR count). The second kappa shape index (κ2) is 4.60. The highest BCUT2D eigenvalue weighted by atomic mass is 15.1. The fourth-order valence-electron chi connectivity index (χ4n) is 1.32. The molecule has 0 atom stereocenters. The fourth-order valence-corrected chi connectivity index (χ4v) is 1.32. The molecule has 0 bridgehead atoms. The molecule has 3 heteroatoms. The van der Waals surface area contributed by atoms with Crippen LogP contribution >= 0.6 is 0 Å². The molecule has 0 aliphatic carbocycles. The van der Waals surface area contributed by atoms with E-state index in [1.807, 2.05) is 13.2 Å². The molecule has 80 valence electrons. The Bertz CT molecular complexity index is 270. The maximum Gasteiger partial charge on any atom is 0.122 e. The molecule has 1 aromatic heterocycles. The van der Waals surface area contributed by atoms with Gasteiger partial charge in [0, 0.05) is 18.9 Å². The van der Waals surface area contributed by atoms with Crippen LogP contribution in [0.25, 0.3) is 0 Å². The highest BCUT2D eigenvalue weighted by molar-refractivity contribution is 4.91. The second-order valence-electron chi connectivity index (χ2n) is 4.88. The van der Waals surface area contributed by atoms with Crippen LogP contribution in [0.1, 0.15) is 33.0 Å². The van der Waals surface area contributed by atoms with Gasteiger partial charge in [0.2, 0.25) is 0 Å². The van der Waals surface area contributed by atoms with E-state index in [0.29, 0.717) is 5.41 Å². The zero-order valence-corrected chi connectivity index (χ0v) is 9.67. The summed E-state index contributed by atoms with van der Waals surface area (Å²) < 4.78 is 2.22. The van der Waals surface area contributed by atoms with Gasteiger partial charge < -0.3 is 9.88 Å². The molecule has 0 aliphatic heterocycles. The number of hydrogen-bond donors (Lipinski definition) is 1. The maximum atomic E-state index is 4.31. The summed E-state index contributed by atoms with van der Waals surface area (Å²) >= 11 is 0. The highest BCUT2D eigenvalue weighted by Gasteiger charge is 2.11. The zero-order chi connectivity index (χ0) is 10.6. The van der Waals surface area contributed by atoms with Crippen molar-refractivity contribution in [1.82, 2.24) is 14.9 Å². The van der Waals surface area contributed by atoms with Gasteiger partial charge in [0.05, 0.1) is 6.54 Å². The predicted octanol–water partition coefficient (Wildman–Crippen LogP) is 2.04. The van der Waals surface area contributed by atoms with Crippen molar-refractivity contribution in [3.63, 3.8) is 0 Å². The SMILES string of the molecule is CNCc1nccn1CCC(C)(C)C. The van der Waals surface area contributed by atoms with E-state index in [1.54, 1.807) is 0 Å². The minimum atomic E-state index is 0.390. The predicted molar refractivity (Wildman–Crippen MR) is 59.1 cm³/mol. The van der Waals surface area contributed by atoms with E-state index in [9.17, 15) is 0 Å². The first-order chi connectivity index (χ1) is 6.53. The van der Waals surface area contributed by atoms with E-state index in [0.717, 1.165) is 18.9 Å². The number of aryl methyl sites for hydroxylation is 1. The molecule has 0 aromatic carbocycles. The van der Waals surface area contributed by atoms with E-state index in [4.69, 9.17) is 0 Å². The molecule has 0 aliphatic rings. The number of rotatable bonds is 4. The molecule has 0 unspecified atom stereocenters. The summed E-state index contributed by atoms with van der Waals surface area (Å²) in [6.45, 7) is 8.70. The average molecular weight is 195 g/mol. The molecular formula is C11H21N3. The van der Waals surface area contributed by atoms with Crippen molar-refractivity contribution < 1.29 is 0 Å². The minimum Gasteiger partial charge on any atom is -0.334 e. The lowest BCUT2D eigenvalue weighted by atomic mass is 9.92. The molecule has 1 aromatic rings. The monoisotopic (exact) mass is 195 g/mol. The van der Waals surface area contributed by atoms with Crippen molar-refractivity contribution in [2.24, 2.45) is 5.41 Å². The topological polar surface area (TPSA) is 29.9 Å². The Hall–Kier alpha value is -0.830. The molecule has 0 saturated heterocycles. The lowest BCUT2D eigenvalue weighted by Gasteiger charge is -2.18. The Kier molecular flexibility index (Phi) is 3.69. The zero-order valence-electron chi connectivity index (χ0n) is 9.67. The Balaban J connectivity index is 2.53. The van der Waals surface area contributed by atoms with Gasteiger partial charge in [-0.15, -0.1) is 0 Å². The van der Waals surface area contributed by atoms with Crippen LogP contribution in [0, 0.1) is 5.41 Å². The van der Waals surface area contributed by atoms with E-state index < -0.39 is 0 Å². The largest absolute Gasteiger partial charge is 0.334 e. The van der Waals surface area contributed by atoms with Crippen molar-refractivity contribution in [3.8, 4) is 0 Å². The van der Waals surface area contributed by atoms with Crippen LogP contribution < -0.4 is 5.32 Å². The Morgan fingerprint density at radius 1 is 1.43 bits per heavy atom. The van der Waals surface area contributed by atoms with Gasteiger partial charge in [0.25, 0.3) is 0 Å². The van der Waals surface area contributed by atoms with Crippen molar-refractivity contribution in [3.05, 3.63) is 18.2 Å². The molecular weight excluding hydrogens is 174 g/mol. The van der Waals surface area contributed by atoms with Crippen LogP contribution in [-0.4, -0.2) is 16.6 Å². The summed E-state index contributed by atoms with van der Waals surface area (Å²) in [5.74, 6) is 1.12. The molecule has 3 nitrogen and oxygen atoms in total. The molecule has 14 heavy (non-hydrogen) atoms. The second-order valence-corrected chi connectivity index (χ2v) is 4.88. The van der Waals surface area contributed by atoms with E-state index >= 15 is 0 Å². The Morgan fingerprint density at radius 2 is 2.14 bits per heavy atom. The maximum absolute atomic E-state index is 4.31. The van der Waals surface area contributed by atoms with E-state index in [-0.39, 0.29) is 0 Å². The van der Waals surface area contributed by atoms with E-state index in [1.165, 1.54) is 6.42 Å².